The van der Waals surface area contributed by atoms with Crippen molar-refractivity contribution in [2.45, 2.75) is 44.6 Å². The number of benzene rings is 1. The molecule has 0 unspecified atom stereocenters. The van der Waals surface area contributed by atoms with Gasteiger partial charge in [-0.05, 0) is 37.1 Å². The topological polar surface area (TPSA) is 15.3 Å². The number of hydrogen-bond donors (Lipinski definition) is 1. The molecule has 0 amide bonds. The minimum Gasteiger partial charge on any atom is -0.373 e. The smallest absolute Gasteiger partial charge is 0.123 e. The van der Waals surface area contributed by atoms with Crippen LogP contribution in [-0.4, -0.2) is 26.2 Å². The minimum atomic E-state index is -0.172. The molecular formula is C16H25FN2. The van der Waals surface area contributed by atoms with E-state index >= 15 is 0 Å². The highest BCUT2D eigenvalue weighted by atomic mass is 19.1. The molecule has 1 aliphatic carbocycles. The molecule has 2 nitrogen and oxygen atoms in total. The van der Waals surface area contributed by atoms with Gasteiger partial charge in [-0.3, -0.25) is 0 Å². The summed E-state index contributed by atoms with van der Waals surface area (Å²) in [5.74, 6) is -0.172. The summed E-state index contributed by atoms with van der Waals surface area (Å²) >= 11 is 0. The Morgan fingerprint density at radius 3 is 2.37 bits per heavy atom. The van der Waals surface area contributed by atoms with Gasteiger partial charge in [-0.25, -0.2) is 4.39 Å². The van der Waals surface area contributed by atoms with Crippen LogP contribution in [0.25, 0.3) is 0 Å². The Balaban J connectivity index is 1.71. The number of likely N-dealkylation sites (N-methyl/N-ethyl adjacent to an activating group) is 1. The largest absolute Gasteiger partial charge is 0.373 e. The van der Waals surface area contributed by atoms with Crippen molar-refractivity contribution in [3.8, 4) is 0 Å². The highest BCUT2D eigenvalue weighted by Gasteiger charge is 2.11. The van der Waals surface area contributed by atoms with Gasteiger partial charge in [0.1, 0.15) is 5.82 Å². The Hall–Kier alpha value is -1.09. The summed E-state index contributed by atoms with van der Waals surface area (Å²) in [5.41, 5.74) is 1.07. The molecule has 0 atom stereocenters. The maximum Gasteiger partial charge on any atom is 0.123 e. The zero-order chi connectivity index (χ0) is 13.5. The molecule has 0 bridgehead atoms. The van der Waals surface area contributed by atoms with Crippen molar-refractivity contribution in [3.05, 3.63) is 30.1 Å². The van der Waals surface area contributed by atoms with Crippen LogP contribution in [0.1, 0.15) is 38.5 Å². The lowest BCUT2D eigenvalue weighted by molar-refractivity contribution is 0.464. The zero-order valence-electron chi connectivity index (χ0n) is 11.9. The molecule has 106 valence electrons. The fourth-order valence-corrected chi connectivity index (χ4v) is 2.74. The van der Waals surface area contributed by atoms with Crippen molar-refractivity contribution in [1.29, 1.82) is 0 Å². The van der Waals surface area contributed by atoms with Crippen molar-refractivity contribution >= 4 is 5.69 Å². The molecular weight excluding hydrogens is 239 g/mol. The molecule has 1 saturated carbocycles. The van der Waals surface area contributed by atoms with E-state index in [0.29, 0.717) is 6.04 Å². The SMILES string of the molecule is CN(CCNC1CCCCCC1)c1ccc(F)cc1. The molecule has 2 rings (SSSR count). The highest BCUT2D eigenvalue weighted by molar-refractivity contribution is 5.45. The van der Waals surface area contributed by atoms with Gasteiger partial charge in [0, 0.05) is 31.9 Å². The van der Waals surface area contributed by atoms with E-state index in [4.69, 9.17) is 0 Å². The van der Waals surface area contributed by atoms with Crippen LogP contribution < -0.4 is 10.2 Å². The first kappa shape index (κ1) is 14.3. The first-order chi connectivity index (χ1) is 9.25. The lowest BCUT2D eigenvalue weighted by Gasteiger charge is -2.22. The van der Waals surface area contributed by atoms with Gasteiger partial charge < -0.3 is 10.2 Å². The fraction of sp³-hybridized carbons (Fsp3) is 0.625. The van der Waals surface area contributed by atoms with Crippen molar-refractivity contribution in [1.82, 2.24) is 5.32 Å². The summed E-state index contributed by atoms with van der Waals surface area (Å²) in [5, 5.41) is 3.66. The summed E-state index contributed by atoms with van der Waals surface area (Å²) in [6.45, 7) is 1.96. The van der Waals surface area contributed by atoms with Crippen LogP contribution in [0, 0.1) is 5.82 Å². The molecule has 0 aliphatic heterocycles. The molecule has 1 aliphatic rings. The highest BCUT2D eigenvalue weighted by Crippen LogP contribution is 2.17. The predicted octanol–water partition coefficient (Wildman–Crippen LogP) is 3.57. The van der Waals surface area contributed by atoms with Gasteiger partial charge in [0.05, 0.1) is 0 Å². The molecule has 19 heavy (non-hydrogen) atoms. The van der Waals surface area contributed by atoms with Gasteiger partial charge >= 0.3 is 0 Å². The number of rotatable bonds is 5. The summed E-state index contributed by atoms with van der Waals surface area (Å²) in [6, 6.07) is 7.40. The third-order valence-corrected chi connectivity index (χ3v) is 4.00. The Morgan fingerprint density at radius 1 is 1.11 bits per heavy atom. The van der Waals surface area contributed by atoms with Crippen LogP contribution in [-0.2, 0) is 0 Å². The Bertz CT molecular complexity index is 356. The van der Waals surface area contributed by atoms with Crippen LogP contribution in [0.4, 0.5) is 10.1 Å². The van der Waals surface area contributed by atoms with Crippen molar-refractivity contribution < 1.29 is 4.39 Å². The van der Waals surface area contributed by atoms with Crippen molar-refractivity contribution in [2.24, 2.45) is 0 Å². The first-order valence-electron chi connectivity index (χ1n) is 7.46. The van der Waals surface area contributed by atoms with Crippen LogP contribution >= 0.6 is 0 Å². The third kappa shape index (κ3) is 4.83. The average molecular weight is 264 g/mol. The lowest BCUT2D eigenvalue weighted by atomic mass is 10.1. The minimum absolute atomic E-state index is 0.172. The average Bonchev–Trinajstić information content (AvgIpc) is 2.68. The predicted molar refractivity (Wildman–Crippen MR) is 79.2 cm³/mol. The Labute approximate surface area is 116 Å². The normalized spacial score (nSPS) is 17.2. The third-order valence-electron chi connectivity index (χ3n) is 4.00. The maximum absolute atomic E-state index is 12.9. The number of hydrogen-bond acceptors (Lipinski definition) is 2. The number of nitrogens with zero attached hydrogens (tertiary/aromatic N) is 1. The second kappa shape index (κ2) is 7.49. The summed E-state index contributed by atoms with van der Waals surface area (Å²) in [6.07, 6.45) is 8.17. The van der Waals surface area contributed by atoms with E-state index in [1.807, 2.05) is 12.1 Å². The van der Waals surface area contributed by atoms with Crippen molar-refractivity contribution in [2.75, 3.05) is 25.0 Å². The molecule has 0 aromatic heterocycles. The molecule has 1 fully saturated rings. The van der Waals surface area contributed by atoms with Gasteiger partial charge in [0.2, 0.25) is 0 Å². The maximum atomic E-state index is 12.9. The van der Waals surface area contributed by atoms with Crippen LogP contribution in [0.5, 0.6) is 0 Å². The number of halogens is 1. The Morgan fingerprint density at radius 2 is 1.74 bits per heavy atom. The van der Waals surface area contributed by atoms with Crippen LogP contribution in [0.15, 0.2) is 24.3 Å². The molecule has 1 aromatic carbocycles. The van der Waals surface area contributed by atoms with Gasteiger partial charge in [0.25, 0.3) is 0 Å². The van der Waals surface area contributed by atoms with E-state index in [1.54, 1.807) is 0 Å². The monoisotopic (exact) mass is 264 g/mol. The molecule has 1 N–H and O–H groups in total. The van der Waals surface area contributed by atoms with Crippen LogP contribution in [0.3, 0.4) is 0 Å². The second-order valence-electron chi connectivity index (χ2n) is 5.54. The van der Waals surface area contributed by atoms with E-state index in [2.05, 4.69) is 17.3 Å². The lowest BCUT2D eigenvalue weighted by Crippen LogP contribution is -2.35. The first-order valence-corrected chi connectivity index (χ1v) is 7.46. The van der Waals surface area contributed by atoms with E-state index in [9.17, 15) is 4.39 Å². The van der Waals surface area contributed by atoms with Gasteiger partial charge in [-0.15, -0.1) is 0 Å². The second-order valence-corrected chi connectivity index (χ2v) is 5.54. The number of nitrogens with one attached hydrogen (secondary N) is 1. The molecule has 0 heterocycles. The van der Waals surface area contributed by atoms with Gasteiger partial charge in [0.15, 0.2) is 0 Å². The summed E-state index contributed by atoms with van der Waals surface area (Å²) in [4.78, 5) is 2.17. The molecule has 0 spiro atoms. The van der Waals surface area contributed by atoms with Gasteiger partial charge in [-0.1, -0.05) is 25.7 Å². The van der Waals surface area contributed by atoms with Crippen LogP contribution in [0.2, 0.25) is 0 Å². The van der Waals surface area contributed by atoms with Gasteiger partial charge in [-0.2, -0.15) is 0 Å². The summed E-state index contributed by atoms with van der Waals surface area (Å²) < 4.78 is 12.9. The van der Waals surface area contributed by atoms with E-state index < -0.39 is 0 Å². The van der Waals surface area contributed by atoms with E-state index in [-0.39, 0.29) is 5.82 Å². The fourth-order valence-electron chi connectivity index (χ4n) is 2.74. The van der Waals surface area contributed by atoms with Crippen molar-refractivity contribution in [3.63, 3.8) is 0 Å². The summed E-state index contributed by atoms with van der Waals surface area (Å²) in [7, 11) is 2.06. The standard InChI is InChI=1S/C16H25FN2/c1-19(16-10-8-14(17)9-11-16)13-12-18-15-6-4-2-3-5-7-15/h8-11,15,18H,2-7,12-13H2,1H3. The molecule has 0 saturated heterocycles. The Kier molecular flexibility index (Phi) is 5.64. The molecule has 0 radical (unpaired) electrons. The molecule has 1 aromatic rings. The number of anilines is 1. The zero-order valence-corrected chi connectivity index (χ0v) is 11.9. The molecule has 3 heteroatoms. The quantitative estimate of drug-likeness (QED) is 0.818. The van der Waals surface area contributed by atoms with E-state index in [0.717, 1.165) is 18.8 Å². The van der Waals surface area contributed by atoms with E-state index in [1.165, 1.54) is 50.7 Å².